The minimum atomic E-state index is -1.50. The van der Waals surface area contributed by atoms with Crippen molar-refractivity contribution in [3.8, 4) is 0 Å². The molecule has 1 aromatic rings. The Balaban J connectivity index is 2.01. The highest BCUT2D eigenvalue weighted by atomic mass is 16.6. The van der Waals surface area contributed by atoms with E-state index in [1.165, 1.54) is 13.8 Å². The molecule has 9 heteroatoms. The average Bonchev–Trinajstić information content (AvgIpc) is 2.67. The van der Waals surface area contributed by atoms with Gasteiger partial charge in [0.15, 0.2) is 6.29 Å². The molecule has 0 aliphatic carbocycles. The average molecular weight is 410 g/mol. The summed E-state index contributed by atoms with van der Waals surface area (Å²) in [6.45, 7) is 4.07. The summed E-state index contributed by atoms with van der Waals surface area (Å²) in [5.74, 6) is -0.863. The minimum Gasteiger partial charge on any atom is -0.394 e. The van der Waals surface area contributed by atoms with E-state index >= 15 is 0 Å². The zero-order valence-electron chi connectivity index (χ0n) is 16.8. The van der Waals surface area contributed by atoms with Crippen molar-refractivity contribution in [2.24, 2.45) is 0 Å². The predicted molar refractivity (Wildman–Crippen MR) is 104 cm³/mol. The van der Waals surface area contributed by atoms with E-state index in [1.807, 2.05) is 37.3 Å². The Labute approximate surface area is 170 Å². The second kappa shape index (κ2) is 10.7. The fraction of sp³-hybridized carbons (Fsp3) is 0.600. The van der Waals surface area contributed by atoms with Gasteiger partial charge in [-0.3, -0.25) is 9.59 Å². The maximum absolute atomic E-state index is 12.5. The van der Waals surface area contributed by atoms with Crippen LogP contribution in [0.3, 0.4) is 0 Å². The van der Waals surface area contributed by atoms with Gasteiger partial charge in [0.1, 0.15) is 30.5 Å². The van der Waals surface area contributed by atoms with E-state index in [9.17, 15) is 24.9 Å². The largest absolute Gasteiger partial charge is 0.394 e. The van der Waals surface area contributed by atoms with Gasteiger partial charge in [0, 0.05) is 13.0 Å². The lowest BCUT2D eigenvalue weighted by Crippen LogP contribution is -2.65. The standard InChI is InChI=1S/C20H30N2O7/c1-11(9-14-7-5-4-6-8-14)21-19(26)12(2)28-18-16(22-13(3)24)20(27)29-15(10-23)17(18)25/h4-8,11-12,15-18,20,23,25,27H,9-10H2,1-3H3,(H,21,26)(H,22,24)/t11?,12-,15+,16+,17+,18+,20?/m0/s1. The van der Waals surface area contributed by atoms with Crippen LogP contribution in [0.2, 0.25) is 0 Å². The van der Waals surface area contributed by atoms with Crippen LogP contribution in [-0.2, 0) is 25.5 Å². The van der Waals surface area contributed by atoms with Crippen LogP contribution in [0.15, 0.2) is 30.3 Å². The fourth-order valence-electron chi connectivity index (χ4n) is 3.31. The van der Waals surface area contributed by atoms with Crippen LogP contribution in [-0.4, -0.2) is 76.5 Å². The Kier molecular flexibility index (Phi) is 8.54. The van der Waals surface area contributed by atoms with Gasteiger partial charge in [-0.15, -0.1) is 0 Å². The lowest BCUT2D eigenvalue weighted by molar-refractivity contribution is -0.266. The second-order valence-corrected chi connectivity index (χ2v) is 7.31. The molecular weight excluding hydrogens is 380 g/mol. The van der Waals surface area contributed by atoms with Crippen LogP contribution in [0.1, 0.15) is 26.3 Å². The molecule has 2 unspecified atom stereocenters. The van der Waals surface area contributed by atoms with Crippen molar-refractivity contribution < 1.29 is 34.4 Å². The highest BCUT2D eigenvalue weighted by Gasteiger charge is 2.46. The zero-order valence-corrected chi connectivity index (χ0v) is 16.8. The van der Waals surface area contributed by atoms with Crippen molar-refractivity contribution in [2.45, 2.75) is 70.0 Å². The quantitative estimate of drug-likeness (QED) is 0.374. The van der Waals surface area contributed by atoms with Gasteiger partial charge in [0.2, 0.25) is 11.8 Å². The van der Waals surface area contributed by atoms with Gasteiger partial charge < -0.3 is 35.4 Å². The number of hydrogen-bond donors (Lipinski definition) is 5. The zero-order chi connectivity index (χ0) is 21.6. The number of carbonyl (C=O) groups excluding carboxylic acids is 2. The third-order valence-corrected chi connectivity index (χ3v) is 4.75. The smallest absolute Gasteiger partial charge is 0.249 e. The van der Waals surface area contributed by atoms with Crippen molar-refractivity contribution in [3.05, 3.63) is 35.9 Å². The molecular formula is C20H30N2O7. The van der Waals surface area contributed by atoms with Crippen LogP contribution in [0, 0.1) is 0 Å². The predicted octanol–water partition coefficient (Wildman–Crippen LogP) is -0.917. The van der Waals surface area contributed by atoms with Crippen molar-refractivity contribution in [1.82, 2.24) is 10.6 Å². The van der Waals surface area contributed by atoms with Crippen molar-refractivity contribution in [3.63, 3.8) is 0 Å². The lowest BCUT2D eigenvalue weighted by Gasteiger charge is -2.43. The first kappa shape index (κ1) is 23.2. The van der Waals surface area contributed by atoms with E-state index in [4.69, 9.17) is 9.47 Å². The monoisotopic (exact) mass is 410 g/mol. The van der Waals surface area contributed by atoms with E-state index in [1.54, 1.807) is 0 Å². The van der Waals surface area contributed by atoms with Gasteiger partial charge in [-0.1, -0.05) is 30.3 Å². The molecule has 0 radical (unpaired) electrons. The first-order valence-electron chi connectivity index (χ1n) is 9.62. The van der Waals surface area contributed by atoms with E-state index in [-0.39, 0.29) is 6.04 Å². The van der Waals surface area contributed by atoms with Crippen molar-refractivity contribution in [2.75, 3.05) is 6.61 Å². The summed E-state index contributed by atoms with van der Waals surface area (Å²) >= 11 is 0. The molecule has 1 aliphatic heterocycles. The Hall–Kier alpha value is -2.04. The SMILES string of the molecule is CC(=O)N[C@H]1C(O)O[C@H](CO)[C@@H](O)[C@@H]1O[C@@H](C)C(=O)NC(C)Cc1ccccc1. The summed E-state index contributed by atoms with van der Waals surface area (Å²) in [5.41, 5.74) is 1.08. The van der Waals surface area contributed by atoms with Crippen LogP contribution < -0.4 is 10.6 Å². The van der Waals surface area contributed by atoms with Gasteiger partial charge in [-0.2, -0.15) is 0 Å². The molecule has 2 rings (SSSR count). The normalized spacial score (nSPS) is 29.0. The summed E-state index contributed by atoms with van der Waals surface area (Å²) in [4.78, 5) is 24.0. The molecule has 2 amide bonds. The van der Waals surface area contributed by atoms with E-state index in [2.05, 4.69) is 10.6 Å². The summed E-state index contributed by atoms with van der Waals surface area (Å²) < 4.78 is 10.8. The first-order valence-corrected chi connectivity index (χ1v) is 9.62. The molecule has 29 heavy (non-hydrogen) atoms. The molecule has 0 bridgehead atoms. The molecule has 1 fully saturated rings. The summed E-state index contributed by atoms with van der Waals surface area (Å²) in [5, 5.41) is 35.2. The van der Waals surface area contributed by atoms with Gasteiger partial charge in [-0.25, -0.2) is 0 Å². The Morgan fingerprint density at radius 1 is 1.21 bits per heavy atom. The fourth-order valence-corrected chi connectivity index (χ4v) is 3.31. The molecule has 162 valence electrons. The molecule has 7 atom stereocenters. The van der Waals surface area contributed by atoms with Crippen molar-refractivity contribution in [1.29, 1.82) is 0 Å². The third kappa shape index (κ3) is 6.48. The van der Waals surface area contributed by atoms with Crippen LogP contribution in [0.4, 0.5) is 0 Å². The van der Waals surface area contributed by atoms with Crippen LogP contribution in [0.5, 0.6) is 0 Å². The topological polar surface area (TPSA) is 137 Å². The lowest BCUT2D eigenvalue weighted by atomic mass is 9.96. The maximum Gasteiger partial charge on any atom is 0.249 e. The van der Waals surface area contributed by atoms with Gasteiger partial charge in [-0.05, 0) is 25.8 Å². The highest BCUT2D eigenvalue weighted by molar-refractivity contribution is 5.80. The molecule has 1 aliphatic rings. The highest BCUT2D eigenvalue weighted by Crippen LogP contribution is 2.23. The number of hydrogen-bond acceptors (Lipinski definition) is 7. The molecule has 0 saturated carbocycles. The number of ether oxygens (including phenoxy) is 2. The molecule has 0 aromatic heterocycles. The molecule has 9 nitrogen and oxygen atoms in total. The molecule has 1 aromatic carbocycles. The number of aliphatic hydroxyl groups excluding tert-OH is 3. The van der Waals surface area contributed by atoms with E-state index < -0.39 is 55.2 Å². The first-order chi connectivity index (χ1) is 13.7. The van der Waals surface area contributed by atoms with E-state index in [0.717, 1.165) is 5.56 Å². The van der Waals surface area contributed by atoms with Crippen LogP contribution in [0.25, 0.3) is 0 Å². The number of amides is 2. The molecule has 1 heterocycles. The summed E-state index contributed by atoms with van der Waals surface area (Å²) in [7, 11) is 0. The van der Waals surface area contributed by atoms with E-state index in [0.29, 0.717) is 6.42 Å². The summed E-state index contributed by atoms with van der Waals surface area (Å²) in [6.07, 6.45) is -5.45. The number of rotatable bonds is 8. The Morgan fingerprint density at radius 3 is 2.45 bits per heavy atom. The van der Waals surface area contributed by atoms with Crippen molar-refractivity contribution >= 4 is 11.8 Å². The Bertz CT molecular complexity index is 672. The number of aliphatic hydroxyl groups is 3. The number of carbonyl (C=O) groups is 2. The second-order valence-electron chi connectivity index (χ2n) is 7.31. The minimum absolute atomic E-state index is 0.155. The Morgan fingerprint density at radius 2 is 1.86 bits per heavy atom. The molecule has 5 N–H and O–H groups in total. The van der Waals surface area contributed by atoms with Gasteiger partial charge >= 0.3 is 0 Å². The van der Waals surface area contributed by atoms with Gasteiger partial charge in [0.05, 0.1) is 6.61 Å². The summed E-state index contributed by atoms with van der Waals surface area (Å²) in [6, 6.07) is 8.45. The maximum atomic E-state index is 12.5. The number of benzene rings is 1. The van der Waals surface area contributed by atoms with Crippen LogP contribution >= 0.6 is 0 Å². The van der Waals surface area contributed by atoms with Gasteiger partial charge in [0.25, 0.3) is 0 Å². The third-order valence-electron chi connectivity index (χ3n) is 4.75. The molecule has 1 saturated heterocycles. The molecule has 0 spiro atoms. The number of nitrogens with one attached hydrogen (secondary N) is 2.